The van der Waals surface area contributed by atoms with Crippen LogP contribution in [0.1, 0.15) is 39.5 Å². The van der Waals surface area contributed by atoms with Crippen LogP contribution in [0.3, 0.4) is 0 Å². The van der Waals surface area contributed by atoms with Crippen molar-refractivity contribution in [3.63, 3.8) is 0 Å². The van der Waals surface area contributed by atoms with Crippen LogP contribution in [-0.4, -0.2) is 11.0 Å². The molecule has 4 nitrogen and oxygen atoms in total. The summed E-state index contributed by atoms with van der Waals surface area (Å²) in [7, 11) is 0. The van der Waals surface area contributed by atoms with Crippen LogP contribution in [0.4, 0.5) is 11.4 Å². The second kappa shape index (κ2) is 4.96. The Morgan fingerprint density at radius 3 is 2.61 bits per heavy atom. The summed E-state index contributed by atoms with van der Waals surface area (Å²) in [6, 6.07) is 7.20. The molecule has 0 atom stereocenters. The van der Waals surface area contributed by atoms with Crippen molar-refractivity contribution in [1.82, 2.24) is 0 Å². The Balaban J connectivity index is 1.98. The van der Waals surface area contributed by atoms with Crippen LogP contribution in [0.15, 0.2) is 24.3 Å². The molecule has 0 heterocycles. The van der Waals surface area contributed by atoms with Gasteiger partial charge in [-0.15, -0.1) is 0 Å². The van der Waals surface area contributed by atoms with Crippen molar-refractivity contribution < 1.29 is 4.92 Å². The highest BCUT2D eigenvalue weighted by Gasteiger charge is 2.26. The normalized spacial score (nSPS) is 19.4. The Bertz CT molecular complexity index is 433. The summed E-state index contributed by atoms with van der Waals surface area (Å²) in [6.07, 6.45) is 4.69. The molecule has 0 unspecified atom stereocenters. The molecule has 0 aromatic heterocycles. The molecule has 1 N–H and O–H groups in total. The molecule has 1 aliphatic carbocycles. The molecule has 0 spiro atoms. The number of non-ortho nitro benzene ring substituents is 1. The Labute approximate surface area is 108 Å². The Morgan fingerprint density at radius 2 is 2.00 bits per heavy atom. The second-order valence-corrected chi connectivity index (χ2v) is 5.89. The number of nitro benzene ring substituents is 1. The predicted molar refractivity (Wildman–Crippen MR) is 72.8 cm³/mol. The van der Waals surface area contributed by atoms with Crippen LogP contribution in [0, 0.1) is 15.5 Å². The van der Waals surface area contributed by atoms with E-state index in [1.54, 1.807) is 12.1 Å². The zero-order chi connectivity index (χ0) is 13.2. The zero-order valence-corrected chi connectivity index (χ0v) is 11.0. The van der Waals surface area contributed by atoms with Crippen LogP contribution in [-0.2, 0) is 0 Å². The molecule has 0 bridgehead atoms. The largest absolute Gasteiger partial charge is 0.382 e. The first-order valence-electron chi connectivity index (χ1n) is 6.47. The van der Waals surface area contributed by atoms with Crippen molar-refractivity contribution in [2.75, 3.05) is 5.32 Å². The summed E-state index contributed by atoms with van der Waals surface area (Å²) >= 11 is 0. The average Bonchev–Trinajstić information content (AvgIpc) is 2.32. The van der Waals surface area contributed by atoms with Crippen LogP contribution < -0.4 is 5.32 Å². The summed E-state index contributed by atoms with van der Waals surface area (Å²) in [5, 5.41) is 14.1. The summed E-state index contributed by atoms with van der Waals surface area (Å²) in [5.74, 6) is 0. The van der Waals surface area contributed by atoms with Crippen molar-refractivity contribution in [2.24, 2.45) is 5.41 Å². The molecule has 1 fully saturated rings. The molecule has 1 aromatic carbocycles. The van der Waals surface area contributed by atoms with E-state index in [9.17, 15) is 10.1 Å². The van der Waals surface area contributed by atoms with E-state index >= 15 is 0 Å². The van der Waals surface area contributed by atoms with E-state index in [-0.39, 0.29) is 10.6 Å². The first-order valence-corrected chi connectivity index (χ1v) is 6.47. The monoisotopic (exact) mass is 248 g/mol. The van der Waals surface area contributed by atoms with E-state index in [0.717, 1.165) is 18.5 Å². The van der Waals surface area contributed by atoms with Gasteiger partial charge in [0.1, 0.15) is 0 Å². The third-order valence-corrected chi connectivity index (χ3v) is 3.77. The highest BCUT2D eigenvalue weighted by atomic mass is 16.6. The lowest BCUT2D eigenvalue weighted by Crippen LogP contribution is -2.29. The molecule has 0 aliphatic heterocycles. The van der Waals surface area contributed by atoms with Crippen LogP contribution >= 0.6 is 0 Å². The maximum absolute atomic E-state index is 10.7. The van der Waals surface area contributed by atoms with E-state index in [1.165, 1.54) is 18.9 Å². The predicted octanol–water partition coefficient (Wildman–Crippen LogP) is 3.98. The summed E-state index contributed by atoms with van der Waals surface area (Å²) in [5.41, 5.74) is 1.45. The fourth-order valence-electron chi connectivity index (χ4n) is 2.49. The van der Waals surface area contributed by atoms with Crippen molar-refractivity contribution >= 4 is 11.4 Å². The highest BCUT2D eigenvalue weighted by Crippen LogP contribution is 2.36. The van der Waals surface area contributed by atoms with Gasteiger partial charge in [0, 0.05) is 23.9 Å². The number of nitrogens with zero attached hydrogens (tertiary/aromatic N) is 1. The second-order valence-electron chi connectivity index (χ2n) is 5.89. The van der Waals surface area contributed by atoms with Gasteiger partial charge in [-0.1, -0.05) is 19.9 Å². The van der Waals surface area contributed by atoms with Gasteiger partial charge in [-0.2, -0.15) is 0 Å². The van der Waals surface area contributed by atoms with Gasteiger partial charge in [0.15, 0.2) is 0 Å². The Kier molecular flexibility index (Phi) is 3.55. The van der Waals surface area contributed by atoms with Crippen molar-refractivity contribution in [2.45, 2.75) is 45.6 Å². The van der Waals surface area contributed by atoms with Gasteiger partial charge >= 0.3 is 0 Å². The third-order valence-electron chi connectivity index (χ3n) is 3.77. The highest BCUT2D eigenvalue weighted by molar-refractivity contribution is 5.51. The van der Waals surface area contributed by atoms with Gasteiger partial charge in [-0.3, -0.25) is 10.1 Å². The minimum absolute atomic E-state index is 0.149. The summed E-state index contributed by atoms with van der Waals surface area (Å²) < 4.78 is 0. The van der Waals surface area contributed by atoms with Crippen LogP contribution in [0.2, 0.25) is 0 Å². The van der Waals surface area contributed by atoms with E-state index in [0.29, 0.717) is 11.5 Å². The standard InChI is InChI=1S/C14H20N2O2/c1-14(2)8-6-11(7-9-14)15-12-4-3-5-13(10-12)16(17)18/h3-5,10-11,15H,6-9H2,1-2H3. The van der Waals surface area contributed by atoms with E-state index < -0.39 is 0 Å². The van der Waals surface area contributed by atoms with E-state index in [4.69, 9.17) is 0 Å². The molecular weight excluding hydrogens is 228 g/mol. The Hall–Kier alpha value is -1.58. The maximum Gasteiger partial charge on any atom is 0.271 e. The number of anilines is 1. The van der Waals surface area contributed by atoms with Gasteiger partial charge < -0.3 is 5.32 Å². The van der Waals surface area contributed by atoms with Gasteiger partial charge in [0.05, 0.1) is 4.92 Å². The molecular formula is C14H20N2O2. The number of nitrogens with one attached hydrogen (secondary N) is 1. The van der Waals surface area contributed by atoms with Gasteiger partial charge in [-0.05, 0) is 37.2 Å². The SMILES string of the molecule is CC1(C)CCC(Nc2cccc([N+](=O)[O-])c2)CC1. The van der Waals surface area contributed by atoms with Gasteiger partial charge in [0.2, 0.25) is 0 Å². The third kappa shape index (κ3) is 3.22. The average molecular weight is 248 g/mol. The molecule has 0 amide bonds. The maximum atomic E-state index is 10.7. The molecule has 98 valence electrons. The summed E-state index contributed by atoms with van der Waals surface area (Å²) in [4.78, 5) is 10.4. The molecule has 0 radical (unpaired) electrons. The smallest absolute Gasteiger partial charge is 0.271 e. The fraction of sp³-hybridized carbons (Fsp3) is 0.571. The van der Waals surface area contributed by atoms with Gasteiger partial charge in [-0.25, -0.2) is 0 Å². The molecule has 1 aromatic rings. The minimum atomic E-state index is -0.352. The van der Waals surface area contributed by atoms with Gasteiger partial charge in [0.25, 0.3) is 5.69 Å². The quantitative estimate of drug-likeness (QED) is 0.650. The summed E-state index contributed by atoms with van der Waals surface area (Å²) in [6.45, 7) is 4.60. The topological polar surface area (TPSA) is 55.2 Å². The molecule has 2 rings (SSSR count). The van der Waals surface area contributed by atoms with Crippen molar-refractivity contribution in [3.8, 4) is 0 Å². The molecule has 0 saturated heterocycles. The number of hydrogen-bond donors (Lipinski definition) is 1. The minimum Gasteiger partial charge on any atom is -0.382 e. The lowest BCUT2D eigenvalue weighted by molar-refractivity contribution is -0.384. The van der Waals surface area contributed by atoms with Crippen LogP contribution in [0.5, 0.6) is 0 Å². The van der Waals surface area contributed by atoms with E-state index in [2.05, 4.69) is 19.2 Å². The zero-order valence-electron chi connectivity index (χ0n) is 11.0. The van der Waals surface area contributed by atoms with Crippen molar-refractivity contribution in [3.05, 3.63) is 34.4 Å². The first kappa shape index (κ1) is 12.9. The Morgan fingerprint density at radius 1 is 1.33 bits per heavy atom. The number of hydrogen-bond acceptors (Lipinski definition) is 3. The fourth-order valence-corrected chi connectivity index (χ4v) is 2.49. The molecule has 1 saturated carbocycles. The molecule has 1 aliphatic rings. The number of nitro groups is 1. The lowest BCUT2D eigenvalue weighted by atomic mass is 9.75. The molecule has 18 heavy (non-hydrogen) atoms. The van der Waals surface area contributed by atoms with E-state index in [1.807, 2.05) is 6.07 Å². The number of benzene rings is 1. The number of rotatable bonds is 3. The van der Waals surface area contributed by atoms with Crippen LogP contribution in [0.25, 0.3) is 0 Å². The van der Waals surface area contributed by atoms with Crippen molar-refractivity contribution in [1.29, 1.82) is 0 Å². The lowest BCUT2D eigenvalue weighted by Gasteiger charge is -2.35. The first-order chi connectivity index (χ1) is 8.46. The molecule has 4 heteroatoms.